The fourth-order valence-electron chi connectivity index (χ4n) is 6.90. The van der Waals surface area contributed by atoms with Gasteiger partial charge in [-0.1, -0.05) is 40.2 Å². The molecule has 8 rings (SSSR count). The Labute approximate surface area is 257 Å². The van der Waals surface area contributed by atoms with Gasteiger partial charge in [-0.15, -0.1) is 0 Å². The van der Waals surface area contributed by atoms with Gasteiger partial charge in [0.1, 0.15) is 28.8 Å². The largest absolute Gasteiger partial charge is 0.486 e. The molecule has 4 heterocycles. The van der Waals surface area contributed by atoms with E-state index in [1.165, 1.54) is 11.3 Å². The van der Waals surface area contributed by atoms with Gasteiger partial charge in [-0.25, -0.2) is 9.78 Å². The lowest BCUT2D eigenvalue weighted by Crippen LogP contribution is -2.38. The molecule has 4 atom stereocenters. The van der Waals surface area contributed by atoms with Crippen molar-refractivity contribution < 1.29 is 28.6 Å². The van der Waals surface area contributed by atoms with Gasteiger partial charge in [-0.2, -0.15) is 0 Å². The minimum atomic E-state index is -0.977. The van der Waals surface area contributed by atoms with E-state index in [1.54, 1.807) is 12.1 Å². The van der Waals surface area contributed by atoms with Crippen molar-refractivity contribution in [3.8, 4) is 17.0 Å². The van der Waals surface area contributed by atoms with E-state index in [4.69, 9.17) is 35.3 Å². The molecule has 11 heteroatoms. The Hall–Kier alpha value is -3.18. The number of piperidine rings is 1. The number of ether oxygens (including phenoxy) is 3. The topological polar surface area (TPSA) is 107 Å². The van der Waals surface area contributed by atoms with Gasteiger partial charge in [0.05, 0.1) is 41.2 Å². The summed E-state index contributed by atoms with van der Waals surface area (Å²) in [6, 6.07) is 9.50. The maximum atomic E-state index is 11.8. The molecular formula is C32H32ClN3O6S. The van der Waals surface area contributed by atoms with Crippen molar-refractivity contribution >= 4 is 44.3 Å². The molecule has 2 aliphatic heterocycles. The number of aromatic nitrogens is 2. The molecule has 4 aromatic rings. The Morgan fingerprint density at radius 1 is 1.23 bits per heavy atom. The predicted molar refractivity (Wildman–Crippen MR) is 163 cm³/mol. The summed E-state index contributed by atoms with van der Waals surface area (Å²) in [5.41, 5.74) is 4.74. The second-order valence-corrected chi connectivity index (χ2v) is 13.6. The van der Waals surface area contributed by atoms with E-state index in [2.05, 4.69) is 10.1 Å². The van der Waals surface area contributed by atoms with Gasteiger partial charge in [0, 0.05) is 42.0 Å². The highest BCUT2D eigenvalue weighted by molar-refractivity contribution is 7.22. The van der Waals surface area contributed by atoms with Crippen LogP contribution in [0, 0.1) is 12.8 Å². The summed E-state index contributed by atoms with van der Waals surface area (Å²) in [5, 5.41) is 15.8. The lowest BCUT2D eigenvalue weighted by Gasteiger charge is -2.31. The third-order valence-corrected chi connectivity index (χ3v) is 10.6. The van der Waals surface area contributed by atoms with Gasteiger partial charge >= 0.3 is 5.97 Å². The first-order valence-electron chi connectivity index (χ1n) is 15.0. The second kappa shape index (κ2) is 10.8. The maximum absolute atomic E-state index is 11.8. The standard InChI is InChI=1S/C32H32ClN3O6S/c1-16-3-2-4-23(33)27(16)28-22(30(42-35-28)17-5-6-17)15-40-24-12-20-9-19(24)13-36(20)32-34-29-25(41-21-7-8-39-14-21)10-18(31(37)38)11-26(29)43-32/h2-4,10-11,17,19-21,24H,5-9,12-15H2,1H3,(H,37,38)/t19-,20-,21+,24+/m0/s1. The van der Waals surface area contributed by atoms with Crippen molar-refractivity contribution in [2.24, 2.45) is 5.92 Å². The fourth-order valence-corrected chi connectivity index (χ4v) is 8.31. The van der Waals surface area contributed by atoms with E-state index in [9.17, 15) is 9.90 Å². The first-order valence-corrected chi connectivity index (χ1v) is 16.2. The Morgan fingerprint density at radius 3 is 2.84 bits per heavy atom. The molecule has 2 saturated carbocycles. The maximum Gasteiger partial charge on any atom is 0.335 e. The third-order valence-electron chi connectivity index (χ3n) is 9.27. The molecule has 9 nitrogen and oxygen atoms in total. The molecule has 2 aromatic heterocycles. The highest BCUT2D eigenvalue weighted by atomic mass is 35.5. The number of anilines is 1. The van der Waals surface area contributed by atoms with E-state index >= 15 is 0 Å². The molecular weight excluding hydrogens is 590 g/mol. The summed E-state index contributed by atoms with van der Waals surface area (Å²) in [5.74, 6) is 1.27. The lowest BCUT2D eigenvalue weighted by molar-refractivity contribution is 0.0122. The molecule has 1 N–H and O–H groups in total. The van der Waals surface area contributed by atoms with Crippen molar-refractivity contribution in [1.29, 1.82) is 0 Å². The number of halogens is 1. The normalized spacial score (nSPS) is 24.8. The third kappa shape index (κ3) is 4.98. The Kier molecular flexibility index (Phi) is 6.85. The summed E-state index contributed by atoms with van der Waals surface area (Å²) < 4.78 is 25.0. The Bertz CT molecular complexity index is 1690. The Morgan fingerprint density at radius 2 is 2.12 bits per heavy atom. The van der Waals surface area contributed by atoms with Gasteiger partial charge in [-0.05, 0) is 56.4 Å². The molecule has 4 aliphatic rings. The number of carboxylic acid groups (broad SMARTS) is 1. The van der Waals surface area contributed by atoms with Gasteiger partial charge in [-0.3, -0.25) is 0 Å². The summed E-state index contributed by atoms with van der Waals surface area (Å²) in [6.07, 6.45) is 5.01. The number of rotatable bonds is 9. The van der Waals surface area contributed by atoms with Gasteiger partial charge in [0.25, 0.3) is 0 Å². The highest BCUT2D eigenvalue weighted by Gasteiger charge is 2.47. The molecule has 224 valence electrons. The zero-order chi connectivity index (χ0) is 29.2. The summed E-state index contributed by atoms with van der Waals surface area (Å²) in [4.78, 5) is 19.2. The predicted octanol–water partition coefficient (Wildman–Crippen LogP) is 6.84. The smallest absolute Gasteiger partial charge is 0.335 e. The first kappa shape index (κ1) is 27.4. The number of nitrogens with zero attached hydrogens (tertiary/aromatic N) is 3. The van der Waals surface area contributed by atoms with E-state index < -0.39 is 5.97 Å². The van der Waals surface area contributed by atoms with Crippen molar-refractivity contribution in [3.05, 3.63) is 57.8 Å². The molecule has 0 amide bonds. The SMILES string of the molecule is Cc1cccc(Cl)c1-c1noc(C2CC2)c1CO[C@@H]1C[C@@H]2C[C@H]1CN2c1nc2c(O[C@@H]3CCOC3)cc(C(=O)O)cc2s1. The van der Waals surface area contributed by atoms with Gasteiger partial charge in [0.2, 0.25) is 0 Å². The average molecular weight is 622 g/mol. The number of hydrogen-bond donors (Lipinski definition) is 1. The highest BCUT2D eigenvalue weighted by Crippen LogP contribution is 2.48. The van der Waals surface area contributed by atoms with Crippen LogP contribution in [-0.4, -0.2) is 59.2 Å². The van der Waals surface area contributed by atoms with E-state index in [1.807, 2.05) is 25.1 Å². The fraction of sp³-hybridized carbons (Fsp3) is 0.469. The van der Waals surface area contributed by atoms with Crippen LogP contribution in [0.25, 0.3) is 21.5 Å². The number of aryl methyl sites for hydroxylation is 1. The van der Waals surface area contributed by atoms with Gasteiger partial charge in [0.15, 0.2) is 5.13 Å². The minimum absolute atomic E-state index is 0.0914. The van der Waals surface area contributed by atoms with Crippen molar-refractivity contribution in [2.45, 2.75) is 69.8 Å². The lowest BCUT2D eigenvalue weighted by atomic mass is 10.00. The molecule has 0 unspecified atom stereocenters. The van der Waals surface area contributed by atoms with E-state index in [-0.39, 0.29) is 17.8 Å². The number of carboxylic acids is 1. The molecule has 0 spiro atoms. The quantitative estimate of drug-likeness (QED) is 0.215. The van der Waals surface area contributed by atoms with Crippen molar-refractivity contribution in [3.63, 3.8) is 0 Å². The zero-order valence-electron chi connectivity index (χ0n) is 23.8. The van der Waals surface area contributed by atoms with Crippen LogP contribution in [0.2, 0.25) is 5.02 Å². The number of carbonyl (C=O) groups is 1. The van der Waals surface area contributed by atoms with Crippen LogP contribution in [0.3, 0.4) is 0 Å². The van der Waals surface area contributed by atoms with Crippen LogP contribution in [-0.2, 0) is 16.1 Å². The monoisotopic (exact) mass is 621 g/mol. The molecule has 43 heavy (non-hydrogen) atoms. The van der Waals surface area contributed by atoms with Crippen LogP contribution >= 0.6 is 22.9 Å². The number of aromatic carboxylic acids is 1. The van der Waals surface area contributed by atoms with Crippen molar-refractivity contribution in [1.82, 2.24) is 10.1 Å². The Balaban J connectivity index is 1.00. The number of thiazole rings is 1. The summed E-state index contributed by atoms with van der Waals surface area (Å²) in [6.45, 7) is 4.50. The molecule has 2 aromatic carbocycles. The van der Waals surface area contributed by atoms with Crippen LogP contribution in [0.4, 0.5) is 5.13 Å². The van der Waals surface area contributed by atoms with Crippen LogP contribution in [0.5, 0.6) is 5.75 Å². The number of fused-ring (bicyclic) bond motifs is 3. The first-order chi connectivity index (χ1) is 20.9. The van der Waals surface area contributed by atoms with Gasteiger partial charge < -0.3 is 28.7 Å². The molecule has 0 radical (unpaired) electrons. The van der Waals surface area contributed by atoms with Crippen molar-refractivity contribution in [2.75, 3.05) is 24.7 Å². The molecule has 2 aliphatic carbocycles. The van der Waals surface area contributed by atoms with Crippen LogP contribution in [0.15, 0.2) is 34.9 Å². The minimum Gasteiger partial charge on any atom is -0.486 e. The summed E-state index contributed by atoms with van der Waals surface area (Å²) >= 11 is 8.15. The molecule has 2 bridgehead atoms. The van der Waals surface area contributed by atoms with E-state index in [0.29, 0.717) is 48.5 Å². The average Bonchev–Trinajstić information content (AvgIpc) is 3.48. The summed E-state index contributed by atoms with van der Waals surface area (Å²) in [7, 11) is 0. The molecule has 2 saturated heterocycles. The van der Waals surface area contributed by atoms with Crippen LogP contribution < -0.4 is 9.64 Å². The second-order valence-electron chi connectivity index (χ2n) is 12.2. The molecule has 4 fully saturated rings. The zero-order valence-corrected chi connectivity index (χ0v) is 25.3. The number of benzene rings is 2. The van der Waals surface area contributed by atoms with Crippen LogP contribution in [0.1, 0.15) is 65.3 Å². The number of hydrogen-bond acceptors (Lipinski definition) is 9. The van der Waals surface area contributed by atoms with E-state index in [0.717, 1.165) is 82.1 Å².